The van der Waals surface area contributed by atoms with Crippen LogP contribution in [0.1, 0.15) is 31.1 Å². The van der Waals surface area contributed by atoms with Crippen LogP contribution in [0.25, 0.3) is 0 Å². The van der Waals surface area contributed by atoms with Gasteiger partial charge in [-0.15, -0.1) is 0 Å². The van der Waals surface area contributed by atoms with Gasteiger partial charge in [-0.05, 0) is 37.1 Å². The summed E-state index contributed by atoms with van der Waals surface area (Å²) < 4.78 is 11.0. The van der Waals surface area contributed by atoms with E-state index in [2.05, 4.69) is 15.5 Å². The molecule has 1 heterocycles. The minimum atomic E-state index is -0.695. The summed E-state index contributed by atoms with van der Waals surface area (Å²) in [5.74, 6) is -0.181. The molecule has 0 aromatic heterocycles. The van der Waals surface area contributed by atoms with E-state index in [0.717, 1.165) is 24.5 Å². The van der Waals surface area contributed by atoms with Crippen molar-refractivity contribution in [2.24, 2.45) is 5.92 Å². The number of nitrogens with zero attached hydrogens (tertiary/aromatic N) is 1. The summed E-state index contributed by atoms with van der Waals surface area (Å²) in [5.41, 5.74) is 2.09. The van der Waals surface area contributed by atoms with E-state index in [4.69, 9.17) is 9.47 Å². The van der Waals surface area contributed by atoms with E-state index < -0.39 is 6.04 Å². The molecule has 2 aromatic rings. The molecule has 7 heteroatoms. The molecule has 0 bridgehead atoms. The molecule has 31 heavy (non-hydrogen) atoms. The number of carbonyl (C=O) groups excluding carboxylic acids is 2. The number of para-hydroxylation sites is 3. The van der Waals surface area contributed by atoms with Crippen molar-refractivity contribution < 1.29 is 19.1 Å². The third-order valence-electron chi connectivity index (χ3n) is 5.18. The second kappa shape index (κ2) is 10.8. The Morgan fingerprint density at radius 3 is 2.45 bits per heavy atom. The molecule has 0 saturated carbocycles. The molecule has 0 spiro atoms. The fourth-order valence-corrected chi connectivity index (χ4v) is 3.56. The Kier molecular flexibility index (Phi) is 7.89. The largest absolute Gasteiger partial charge is 0.493 e. The second-order valence-electron chi connectivity index (χ2n) is 7.73. The van der Waals surface area contributed by atoms with E-state index >= 15 is 0 Å². The minimum Gasteiger partial charge on any atom is -0.493 e. The fraction of sp³-hybridized carbons (Fsp3) is 0.417. The number of ether oxygens (including phenoxy) is 2. The summed E-state index contributed by atoms with van der Waals surface area (Å²) in [6.07, 6.45) is 0. The topological polar surface area (TPSA) is 79.9 Å². The van der Waals surface area contributed by atoms with Gasteiger partial charge in [0.1, 0.15) is 11.8 Å². The molecule has 1 fully saturated rings. The summed E-state index contributed by atoms with van der Waals surface area (Å²) >= 11 is 0. The number of hydrogen-bond donors (Lipinski definition) is 2. The lowest BCUT2D eigenvalue weighted by molar-refractivity contribution is -0.118. The maximum absolute atomic E-state index is 13.2. The van der Waals surface area contributed by atoms with Gasteiger partial charge in [0.15, 0.2) is 0 Å². The van der Waals surface area contributed by atoms with Crippen LogP contribution in [0.4, 0.5) is 11.4 Å². The van der Waals surface area contributed by atoms with Crippen LogP contribution in [0.3, 0.4) is 0 Å². The minimum absolute atomic E-state index is 0.0984. The number of amides is 2. The molecule has 0 unspecified atom stereocenters. The number of carbonyl (C=O) groups is 2. The standard InChI is InChI=1S/C24H31N3O4/c1-4-31-21-12-8-5-9-18(21)23(28)26-22(17(2)3)24(29)25-19-10-6-7-11-20(19)27-13-15-30-16-14-27/h5-12,17,22H,4,13-16H2,1-3H3,(H,25,29)(H,26,28)/t22-/m1/s1. The zero-order valence-electron chi connectivity index (χ0n) is 18.4. The maximum Gasteiger partial charge on any atom is 0.255 e. The first kappa shape index (κ1) is 22.6. The lowest BCUT2D eigenvalue weighted by Gasteiger charge is -2.31. The molecule has 2 aromatic carbocycles. The summed E-state index contributed by atoms with van der Waals surface area (Å²) in [5, 5.41) is 5.90. The zero-order chi connectivity index (χ0) is 22.2. The third kappa shape index (κ3) is 5.76. The first-order chi connectivity index (χ1) is 15.0. The average molecular weight is 426 g/mol. The molecule has 0 radical (unpaired) electrons. The van der Waals surface area contributed by atoms with Crippen LogP contribution in [0.5, 0.6) is 5.75 Å². The molecule has 1 aliphatic heterocycles. The van der Waals surface area contributed by atoms with Crippen molar-refractivity contribution in [2.75, 3.05) is 43.1 Å². The monoisotopic (exact) mass is 425 g/mol. The highest BCUT2D eigenvalue weighted by Gasteiger charge is 2.27. The molecule has 7 nitrogen and oxygen atoms in total. The Labute approximate surface area is 183 Å². The van der Waals surface area contributed by atoms with Crippen LogP contribution in [-0.2, 0) is 9.53 Å². The van der Waals surface area contributed by atoms with Gasteiger partial charge in [0.25, 0.3) is 5.91 Å². The molecule has 3 rings (SSSR count). The number of hydrogen-bond acceptors (Lipinski definition) is 5. The number of benzene rings is 2. The van der Waals surface area contributed by atoms with Crippen molar-refractivity contribution in [2.45, 2.75) is 26.8 Å². The lowest BCUT2D eigenvalue weighted by Crippen LogP contribution is -2.47. The molecule has 2 N–H and O–H groups in total. The Bertz CT molecular complexity index is 894. The Morgan fingerprint density at radius 1 is 1.06 bits per heavy atom. The van der Waals surface area contributed by atoms with Crippen molar-refractivity contribution >= 4 is 23.2 Å². The summed E-state index contributed by atoms with van der Waals surface area (Å²) in [4.78, 5) is 28.3. The first-order valence-electron chi connectivity index (χ1n) is 10.8. The normalized spacial score (nSPS) is 14.8. The van der Waals surface area contributed by atoms with E-state index in [1.165, 1.54) is 0 Å². The van der Waals surface area contributed by atoms with Gasteiger partial charge in [-0.25, -0.2) is 0 Å². The van der Waals surface area contributed by atoms with Gasteiger partial charge >= 0.3 is 0 Å². The fourth-order valence-electron chi connectivity index (χ4n) is 3.56. The molecular weight excluding hydrogens is 394 g/mol. The van der Waals surface area contributed by atoms with Gasteiger partial charge in [-0.1, -0.05) is 38.1 Å². The zero-order valence-corrected chi connectivity index (χ0v) is 18.4. The van der Waals surface area contributed by atoms with E-state index in [-0.39, 0.29) is 17.7 Å². The van der Waals surface area contributed by atoms with Gasteiger partial charge in [0.2, 0.25) is 5.91 Å². The molecule has 0 aliphatic carbocycles. The summed E-state index contributed by atoms with van der Waals surface area (Å²) in [6.45, 7) is 9.00. The Hall–Kier alpha value is -3.06. The van der Waals surface area contributed by atoms with E-state index in [1.807, 2.05) is 51.1 Å². The van der Waals surface area contributed by atoms with Crippen LogP contribution in [0, 0.1) is 5.92 Å². The quantitative estimate of drug-likeness (QED) is 0.678. The molecule has 1 atom stereocenters. The average Bonchev–Trinajstić information content (AvgIpc) is 2.78. The number of nitrogens with one attached hydrogen (secondary N) is 2. The number of anilines is 2. The predicted molar refractivity (Wildman–Crippen MR) is 122 cm³/mol. The highest BCUT2D eigenvalue weighted by atomic mass is 16.5. The van der Waals surface area contributed by atoms with Gasteiger partial charge in [0.05, 0.1) is 36.8 Å². The molecule has 2 amide bonds. The second-order valence-corrected chi connectivity index (χ2v) is 7.73. The van der Waals surface area contributed by atoms with Gasteiger partial charge < -0.3 is 25.0 Å². The predicted octanol–water partition coefficient (Wildman–Crippen LogP) is 3.32. The van der Waals surface area contributed by atoms with E-state index in [0.29, 0.717) is 31.1 Å². The SMILES string of the molecule is CCOc1ccccc1C(=O)N[C@@H](C(=O)Nc1ccccc1N1CCOCC1)C(C)C. The lowest BCUT2D eigenvalue weighted by atomic mass is 10.0. The van der Waals surface area contributed by atoms with Crippen molar-refractivity contribution in [1.29, 1.82) is 0 Å². The Balaban J connectivity index is 1.76. The molecule has 1 aliphatic rings. The first-order valence-corrected chi connectivity index (χ1v) is 10.8. The molecule has 166 valence electrons. The van der Waals surface area contributed by atoms with Crippen molar-refractivity contribution in [3.63, 3.8) is 0 Å². The van der Waals surface area contributed by atoms with Gasteiger partial charge in [-0.3, -0.25) is 9.59 Å². The number of morpholine rings is 1. The van der Waals surface area contributed by atoms with Crippen LogP contribution in [0.15, 0.2) is 48.5 Å². The number of rotatable bonds is 8. The highest BCUT2D eigenvalue weighted by Crippen LogP contribution is 2.27. The molecule has 1 saturated heterocycles. The van der Waals surface area contributed by atoms with Crippen LogP contribution in [-0.4, -0.2) is 50.8 Å². The van der Waals surface area contributed by atoms with E-state index in [1.54, 1.807) is 18.2 Å². The summed E-state index contributed by atoms with van der Waals surface area (Å²) in [7, 11) is 0. The van der Waals surface area contributed by atoms with Gasteiger partial charge in [0, 0.05) is 13.1 Å². The van der Waals surface area contributed by atoms with Crippen LogP contribution >= 0.6 is 0 Å². The third-order valence-corrected chi connectivity index (χ3v) is 5.18. The van der Waals surface area contributed by atoms with Crippen molar-refractivity contribution in [1.82, 2.24) is 5.32 Å². The molecular formula is C24H31N3O4. The highest BCUT2D eigenvalue weighted by molar-refractivity contribution is 6.03. The van der Waals surface area contributed by atoms with E-state index in [9.17, 15) is 9.59 Å². The van der Waals surface area contributed by atoms with Crippen LogP contribution in [0.2, 0.25) is 0 Å². The van der Waals surface area contributed by atoms with Crippen LogP contribution < -0.4 is 20.3 Å². The maximum atomic E-state index is 13.2. The van der Waals surface area contributed by atoms with Crippen molar-refractivity contribution in [3.05, 3.63) is 54.1 Å². The van der Waals surface area contributed by atoms with Gasteiger partial charge in [-0.2, -0.15) is 0 Å². The Morgan fingerprint density at radius 2 is 1.74 bits per heavy atom. The summed E-state index contributed by atoms with van der Waals surface area (Å²) in [6, 6.07) is 14.1. The van der Waals surface area contributed by atoms with Crippen molar-refractivity contribution in [3.8, 4) is 5.75 Å². The smallest absolute Gasteiger partial charge is 0.255 e.